The van der Waals surface area contributed by atoms with Gasteiger partial charge in [-0.1, -0.05) is 30.0 Å². The first-order valence-corrected chi connectivity index (χ1v) is 6.60. The number of nitrogens with zero attached hydrogens (tertiary/aromatic N) is 1. The highest BCUT2D eigenvalue weighted by Crippen LogP contribution is 2.35. The molecule has 3 rings (SSSR count). The number of nitrogens with two attached hydrogens (primary N) is 1. The van der Waals surface area contributed by atoms with Gasteiger partial charge in [0.25, 0.3) is 0 Å². The zero-order chi connectivity index (χ0) is 11.8. The van der Waals surface area contributed by atoms with E-state index in [0.29, 0.717) is 0 Å². The van der Waals surface area contributed by atoms with E-state index in [-0.39, 0.29) is 18.4 Å². The van der Waals surface area contributed by atoms with Gasteiger partial charge in [-0.05, 0) is 11.8 Å². The molecule has 2 heterocycles. The summed E-state index contributed by atoms with van der Waals surface area (Å²) in [5, 5.41) is 4.65. The largest absolute Gasteiger partial charge is 0.351 e. The Labute approximate surface area is 117 Å². The van der Waals surface area contributed by atoms with Gasteiger partial charge in [0.15, 0.2) is 0 Å². The maximum Gasteiger partial charge on any atom is 0.0836 e. The number of aliphatic imine (C=N–C) groups is 1. The van der Waals surface area contributed by atoms with E-state index in [1.807, 2.05) is 6.21 Å². The third-order valence-electron chi connectivity index (χ3n) is 3.07. The Kier molecular flexibility index (Phi) is 4.00. The zero-order valence-electron chi connectivity index (χ0n) is 10.1. The molecule has 3 N–H and O–H groups in total. The molecule has 1 atom stereocenters. The molecule has 0 bridgehead atoms. The first-order valence-electron chi connectivity index (χ1n) is 5.78. The summed E-state index contributed by atoms with van der Waals surface area (Å²) in [6.07, 6.45) is 10.2. The fourth-order valence-corrected chi connectivity index (χ4v) is 3.18. The van der Waals surface area contributed by atoms with Crippen molar-refractivity contribution in [1.82, 2.24) is 5.32 Å². The van der Waals surface area contributed by atoms with E-state index < -0.39 is 0 Å². The molecule has 0 aromatic carbocycles. The Morgan fingerprint density at radius 2 is 2.17 bits per heavy atom. The molecule has 1 aliphatic carbocycles. The monoisotopic (exact) mass is 281 g/mol. The van der Waals surface area contributed by atoms with Crippen LogP contribution in [0.5, 0.6) is 0 Å². The highest BCUT2D eigenvalue weighted by molar-refractivity contribution is 8.06. The molecule has 0 radical (unpaired) electrons. The number of allylic oxidation sites excluding steroid dienone is 3. The fourth-order valence-electron chi connectivity index (χ4n) is 2.17. The molecule has 0 fully saturated rings. The first-order chi connectivity index (χ1) is 8.24. The van der Waals surface area contributed by atoms with Crippen LogP contribution in [0.25, 0.3) is 0 Å². The molecule has 3 nitrogen and oxygen atoms in total. The molecule has 0 aromatic heterocycles. The Morgan fingerprint density at radius 3 is 3.00 bits per heavy atom. The number of hydrogen-bond acceptors (Lipinski definition) is 4. The standard InChI is InChI=1S/C13H15N3S.ClH/c1-8-6-10(14)9-7-15-11-4-2-3-5-12(11)16-13(9)17-8;/h2-3,6-7,10,16H,4-5,14H2,1H3;1H. The van der Waals surface area contributed by atoms with E-state index in [4.69, 9.17) is 5.73 Å². The SMILES string of the molecule is CC1=CC(N)C2=C(NC3=C(CC=CC3)N=C2)S1.Cl. The van der Waals surface area contributed by atoms with E-state index in [2.05, 4.69) is 35.5 Å². The van der Waals surface area contributed by atoms with Crippen LogP contribution in [0, 0.1) is 0 Å². The van der Waals surface area contributed by atoms with Crippen LogP contribution in [0.2, 0.25) is 0 Å². The van der Waals surface area contributed by atoms with Crippen LogP contribution in [0.4, 0.5) is 0 Å². The van der Waals surface area contributed by atoms with Crippen LogP contribution in [-0.4, -0.2) is 12.3 Å². The third-order valence-corrected chi connectivity index (χ3v) is 4.07. The second-order valence-corrected chi connectivity index (χ2v) is 5.63. The van der Waals surface area contributed by atoms with Crippen molar-refractivity contribution in [2.75, 3.05) is 0 Å². The normalized spacial score (nSPS) is 25.7. The molecule has 96 valence electrons. The quantitative estimate of drug-likeness (QED) is 0.671. The molecule has 1 unspecified atom stereocenters. The molecular formula is C13H16ClN3S. The fraction of sp³-hybridized carbons (Fsp3) is 0.308. The van der Waals surface area contributed by atoms with Crippen molar-refractivity contribution in [3.8, 4) is 0 Å². The molecule has 2 aliphatic heterocycles. The van der Waals surface area contributed by atoms with Crippen molar-refractivity contribution < 1.29 is 0 Å². The lowest BCUT2D eigenvalue weighted by atomic mass is 10.1. The molecule has 0 saturated heterocycles. The van der Waals surface area contributed by atoms with E-state index in [1.165, 1.54) is 10.6 Å². The summed E-state index contributed by atoms with van der Waals surface area (Å²) in [5.74, 6) is 0. The lowest BCUT2D eigenvalue weighted by molar-refractivity contribution is 0.884. The van der Waals surface area contributed by atoms with E-state index in [0.717, 1.165) is 29.1 Å². The van der Waals surface area contributed by atoms with Crippen molar-refractivity contribution in [2.45, 2.75) is 25.8 Å². The highest BCUT2D eigenvalue weighted by atomic mass is 35.5. The highest BCUT2D eigenvalue weighted by Gasteiger charge is 2.22. The van der Waals surface area contributed by atoms with Crippen molar-refractivity contribution in [1.29, 1.82) is 0 Å². The van der Waals surface area contributed by atoms with Crippen LogP contribution in [0.1, 0.15) is 19.8 Å². The Morgan fingerprint density at radius 1 is 1.39 bits per heavy atom. The Hall–Kier alpha value is -0.970. The molecule has 3 aliphatic rings. The molecular weight excluding hydrogens is 266 g/mol. The number of nitrogens with one attached hydrogen (secondary N) is 1. The third kappa shape index (κ3) is 2.41. The maximum atomic E-state index is 6.13. The molecule has 0 saturated carbocycles. The lowest BCUT2D eigenvalue weighted by Crippen LogP contribution is -2.27. The number of halogens is 1. The summed E-state index contributed by atoms with van der Waals surface area (Å²) in [7, 11) is 0. The second kappa shape index (κ2) is 5.34. The summed E-state index contributed by atoms with van der Waals surface area (Å²) >= 11 is 1.74. The Balaban J connectivity index is 0.00000120. The topological polar surface area (TPSA) is 50.4 Å². The Bertz CT molecular complexity index is 514. The summed E-state index contributed by atoms with van der Waals surface area (Å²) in [6, 6.07) is -0.0446. The predicted octanol–water partition coefficient (Wildman–Crippen LogP) is 2.83. The average molecular weight is 282 g/mol. The van der Waals surface area contributed by atoms with Gasteiger partial charge in [0, 0.05) is 30.3 Å². The van der Waals surface area contributed by atoms with Crippen LogP contribution >= 0.6 is 24.2 Å². The summed E-state index contributed by atoms with van der Waals surface area (Å²) in [5.41, 5.74) is 9.56. The van der Waals surface area contributed by atoms with Gasteiger partial charge in [-0.25, -0.2) is 0 Å². The molecule has 5 heteroatoms. The van der Waals surface area contributed by atoms with Crippen LogP contribution < -0.4 is 11.1 Å². The molecule has 0 amide bonds. The van der Waals surface area contributed by atoms with Crippen molar-refractivity contribution in [2.24, 2.45) is 10.7 Å². The number of hydrogen-bond donors (Lipinski definition) is 2. The molecule has 18 heavy (non-hydrogen) atoms. The smallest absolute Gasteiger partial charge is 0.0836 e. The average Bonchev–Trinajstić information content (AvgIpc) is 2.47. The van der Waals surface area contributed by atoms with Gasteiger partial charge in [0.05, 0.1) is 16.8 Å². The van der Waals surface area contributed by atoms with Gasteiger partial charge in [-0.2, -0.15) is 0 Å². The van der Waals surface area contributed by atoms with Crippen LogP contribution in [0.3, 0.4) is 0 Å². The maximum absolute atomic E-state index is 6.13. The van der Waals surface area contributed by atoms with Gasteiger partial charge in [-0.3, -0.25) is 4.99 Å². The van der Waals surface area contributed by atoms with Gasteiger partial charge < -0.3 is 11.1 Å². The summed E-state index contributed by atoms with van der Waals surface area (Å²) in [6.45, 7) is 2.09. The predicted molar refractivity (Wildman–Crippen MR) is 80.6 cm³/mol. The summed E-state index contributed by atoms with van der Waals surface area (Å²) in [4.78, 5) is 5.81. The van der Waals surface area contributed by atoms with E-state index >= 15 is 0 Å². The van der Waals surface area contributed by atoms with Crippen molar-refractivity contribution in [3.05, 3.63) is 45.1 Å². The van der Waals surface area contributed by atoms with Gasteiger partial charge in [-0.15, -0.1) is 12.4 Å². The van der Waals surface area contributed by atoms with E-state index in [9.17, 15) is 0 Å². The van der Waals surface area contributed by atoms with Gasteiger partial charge >= 0.3 is 0 Å². The van der Waals surface area contributed by atoms with Gasteiger partial charge in [0.2, 0.25) is 0 Å². The molecule has 0 spiro atoms. The second-order valence-electron chi connectivity index (χ2n) is 4.38. The lowest BCUT2D eigenvalue weighted by Gasteiger charge is -2.22. The van der Waals surface area contributed by atoms with Gasteiger partial charge in [0.1, 0.15) is 0 Å². The number of thioether (sulfide) groups is 1. The minimum atomic E-state index is -0.0446. The van der Waals surface area contributed by atoms with Crippen molar-refractivity contribution >= 4 is 30.4 Å². The van der Waals surface area contributed by atoms with Crippen LogP contribution in [0.15, 0.2) is 50.1 Å². The minimum absolute atomic E-state index is 0. The zero-order valence-corrected chi connectivity index (χ0v) is 11.8. The minimum Gasteiger partial charge on any atom is -0.351 e. The molecule has 0 aromatic rings. The summed E-state index contributed by atoms with van der Waals surface area (Å²) < 4.78 is 0. The van der Waals surface area contributed by atoms with Crippen LogP contribution in [-0.2, 0) is 0 Å². The first kappa shape index (κ1) is 13.5. The van der Waals surface area contributed by atoms with E-state index in [1.54, 1.807) is 11.8 Å². The number of rotatable bonds is 0. The van der Waals surface area contributed by atoms with Crippen molar-refractivity contribution in [3.63, 3.8) is 0 Å².